The van der Waals surface area contributed by atoms with Gasteiger partial charge in [-0.25, -0.2) is 0 Å². The number of morpholine rings is 1. The van der Waals surface area contributed by atoms with Crippen LogP contribution in [0.4, 0.5) is 5.69 Å². The number of methoxy groups -OCH3 is 1. The van der Waals surface area contributed by atoms with Crippen LogP contribution in [0.2, 0.25) is 0 Å². The lowest BCUT2D eigenvalue weighted by molar-refractivity contribution is -0.0226. The molecule has 1 saturated heterocycles. The SMILES string of the molecule is CCC1CN(C(=O)c2c(N)cccc2OC)CCO1. The molecule has 2 rings (SSSR count). The molecule has 0 aromatic heterocycles. The van der Waals surface area contributed by atoms with Gasteiger partial charge in [-0.15, -0.1) is 0 Å². The minimum Gasteiger partial charge on any atom is -0.496 e. The maximum atomic E-state index is 12.6. The number of hydrogen-bond acceptors (Lipinski definition) is 4. The van der Waals surface area contributed by atoms with E-state index >= 15 is 0 Å². The Labute approximate surface area is 113 Å². The topological polar surface area (TPSA) is 64.8 Å². The fourth-order valence-electron chi connectivity index (χ4n) is 2.26. The molecule has 0 bridgehead atoms. The third-order valence-corrected chi connectivity index (χ3v) is 3.37. The van der Waals surface area contributed by atoms with E-state index in [4.69, 9.17) is 15.2 Å². The molecule has 1 amide bonds. The van der Waals surface area contributed by atoms with Crippen LogP contribution in [0.15, 0.2) is 18.2 Å². The molecule has 2 N–H and O–H groups in total. The van der Waals surface area contributed by atoms with E-state index in [1.165, 1.54) is 0 Å². The summed E-state index contributed by atoms with van der Waals surface area (Å²) in [7, 11) is 1.54. The van der Waals surface area contributed by atoms with Crippen LogP contribution < -0.4 is 10.5 Å². The number of nitrogens with two attached hydrogens (primary N) is 1. The molecule has 1 aliphatic rings. The van der Waals surface area contributed by atoms with Crippen molar-refractivity contribution < 1.29 is 14.3 Å². The first-order chi connectivity index (χ1) is 9.17. The lowest BCUT2D eigenvalue weighted by Gasteiger charge is -2.33. The van der Waals surface area contributed by atoms with Gasteiger partial charge in [0.2, 0.25) is 0 Å². The van der Waals surface area contributed by atoms with Crippen LogP contribution in [0.25, 0.3) is 0 Å². The molecule has 0 radical (unpaired) electrons. The molecule has 19 heavy (non-hydrogen) atoms. The number of carbonyl (C=O) groups is 1. The van der Waals surface area contributed by atoms with E-state index in [0.29, 0.717) is 36.7 Å². The molecule has 5 heteroatoms. The second-order valence-corrected chi connectivity index (χ2v) is 4.58. The Hall–Kier alpha value is -1.75. The van der Waals surface area contributed by atoms with E-state index < -0.39 is 0 Å². The summed E-state index contributed by atoms with van der Waals surface area (Å²) in [4.78, 5) is 14.4. The zero-order chi connectivity index (χ0) is 13.8. The first-order valence-electron chi connectivity index (χ1n) is 6.50. The molecule has 0 aliphatic carbocycles. The van der Waals surface area contributed by atoms with Gasteiger partial charge >= 0.3 is 0 Å². The number of carbonyl (C=O) groups excluding carboxylic acids is 1. The highest BCUT2D eigenvalue weighted by molar-refractivity contribution is 6.01. The summed E-state index contributed by atoms with van der Waals surface area (Å²) < 4.78 is 10.8. The Morgan fingerprint density at radius 1 is 1.58 bits per heavy atom. The summed E-state index contributed by atoms with van der Waals surface area (Å²) in [6.45, 7) is 3.81. The fourth-order valence-corrected chi connectivity index (χ4v) is 2.26. The third kappa shape index (κ3) is 2.81. The summed E-state index contributed by atoms with van der Waals surface area (Å²) >= 11 is 0. The van der Waals surface area contributed by atoms with Crippen molar-refractivity contribution in [3.05, 3.63) is 23.8 Å². The van der Waals surface area contributed by atoms with Crippen LogP contribution in [-0.2, 0) is 4.74 Å². The Morgan fingerprint density at radius 3 is 3.05 bits per heavy atom. The van der Waals surface area contributed by atoms with Crippen molar-refractivity contribution in [1.82, 2.24) is 4.90 Å². The molecule has 1 heterocycles. The first kappa shape index (κ1) is 13.7. The summed E-state index contributed by atoms with van der Waals surface area (Å²) in [5.41, 5.74) is 6.81. The number of benzene rings is 1. The Bertz CT molecular complexity index is 462. The van der Waals surface area contributed by atoms with Crippen LogP contribution in [-0.4, -0.2) is 43.7 Å². The normalized spacial score (nSPS) is 19.3. The molecule has 1 aromatic rings. The van der Waals surface area contributed by atoms with Gasteiger partial charge in [0.05, 0.1) is 19.8 Å². The predicted octanol–water partition coefficient (Wildman–Crippen LogP) is 1.53. The van der Waals surface area contributed by atoms with Crippen molar-refractivity contribution in [3.8, 4) is 5.75 Å². The largest absolute Gasteiger partial charge is 0.496 e. The molecule has 104 valence electrons. The highest BCUT2D eigenvalue weighted by Crippen LogP contribution is 2.26. The van der Waals surface area contributed by atoms with Crippen LogP contribution in [0.3, 0.4) is 0 Å². The predicted molar refractivity (Wildman–Crippen MR) is 73.3 cm³/mol. The van der Waals surface area contributed by atoms with Gasteiger partial charge in [-0.05, 0) is 18.6 Å². The summed E-state index contributed by atoms with van der Waals surface area (Å²) in [5, 5.41) is 0. The number of ether oxygens (including phenoxy) is 2. The number of anilines is 1. The van der Waals surface area contributed by atoms with Gasteiger partial charge in [0.1, 0.15) is 11.3 Å². The van der Waals surface area contributed by atoms with Crippen molar-refractivity contribution >= 4 is 11.6 Å². The van der Waals surface area contributed by atoms with Gasteiger partial charge in [0.25, 0.3) is 5.91 Å². The molecule has 1 aromatic carbocycles. The van der Waals surface area contributed by atoms with Gasteiger partial charge < -0.3 is 20.1 Å². The van der Waals surface area contributed by atoms with Gasteiger partial charge in [0, 0.05) is 18.8 Å². The zero-order valence-corrected chi connectivity index (χ0v) is 11.4. The summed E-state index contributed by atoms with van der Waals surface area (Å²) in [5.74, 6) is 0.432. The van der Waals surface area contributed by atoms with E-state index in [9.17, 15) is 4.79 Å². The van der Waals surface area contributed by atoms with Crippen molar-refractivity contribution in [2.45, 2.75) is 19.4 Å². The van der Waals surface area contributed by atoms with Crippen molar-refractivity contribution in [2.24, 2.45) is 0 Å². The standard InChI is InChI=1S/C14H20N2O3/c1-3-10-9-16(7-8-19-10)14(17)13-11(15)5-4-6-12(13)18-2/h4-6,10H,3,7-9,15H2,1-2H3. The number of rotatable bonds is 3. The molecule has 0 saturated carbocycles. The first-order valence-corrected chi connectivity index (χ1v) is 6.50. The maximum Gasteiger partial charge on any atom is 0.259 e. The van der Waals surface area contributed by atoms with E-state index in [1.54, 1.807) is 30.2 Å². The Morgan fingerprint density at radius 2 is 2.37 bits per heavy atom. The molecular weight excluding hydrogens is 244 g/mol. The number of nitrogen functional groups attached to an aromatic ring is 1. The molecule has 1 unspecified atom stereocenters. The monoisotopic (exact) mass is 264 g/mol. The molecule has 1 fully saturated rings. The average Bonchev–Trinajstić information content (AvgIpc) is 2.46. The van der Waals surface area contributed by atoms with E-state index in [-0.39, 0.29) is 12.0 Å². The molecule has 5 nitrogen and oxygen atoms in total. The number of amides is 1. The van der Waals surface area contributed by atoms with Crippen LogP contribution >= 0.6 is 0 Å². The number of nitrogens with zero attached hydrogens (tertiary/aromatic N) is 1. The van der Waals surface area contributed by atoms with Gasteiger partial charge in [0.15, 0.2) is 0 Å². The van der Waals surface area contributed by atoms with Crippen LogP contribution in [0.1, 0.15) is 23.7 Å². The van der Waals surface area contributed by atoms with Gasteiger partial charge in [-0.3, -0.25) is 4.79 Å². The Kier molecular flexibility index (Phi) is 4.27. The second kappa shape index (κ2) is 5.93. The average molecular weight is 264 g/mol. The zero-order valence-electron chi connectivity index (χ0n) is 11.4. The highest BCUT2D eigenvalue weighted by atomic mass is 16.5. The minimum absolute atomic E-state index is 0.0864. The second-order valence-electron chi connectivity index (χ2n) is 4.58. The molecule has 1 atom stereocenters. The van der Waals surface area contributed by atoms with Crippen molar-refractivity contribution in [3.63, 3.8) is 0 Å². The summed E-state index contributed by atoms with van der Waals surface area (Å²) in [6.07, 6.45) is 0.999. The summed E-state index contributed by atoms with van der Waals surface area (Å²) in [6, 6.07) is 5.24. The molecular formula is C14H20N2O3. The number of hydrogen-bond donors (Lipinski definition) is 1. The van der Waals surface area contributed by atoms with Crippen molar-refractivity contribution in [1.29, 1.82) is 0 Å². The minimum atomic E-state index is -0.0864. The van der Waals surface area contributed by atoms with Gasteiger partial charge in [-0.1, -0.05) is 13.0 Å². The van der Waals surface area contributed by atoms with E-state index in [1.807, 2.05) is 0 Å². The van der Waals surface area contributed by atoms with E-state index in [2.05, 4.69) is 6.92 Å². The highest BCUT2D eigenvalue weighted by Gasteiger charge is 2.27. The maximum absolute atomic E-state index is 12.6. The Balaban J connectivity index is 2.24. The molecule has 0 spiro atoms. The van der Waals surface area contributed by atoms with Crippen LogP contribution in [0, 0.1) is 0 Å². The third-order valence-electron chi connectivity index (χ3n) is 3.37. The lowest BCUT2D eigenvalue weighted by Crippen LogP contribution is -2.45. The smallest absolute Gasteiger partial charge is 0.259 e. The fraction of sp³-hybridized carbons (Fsp3) is 0.500. The lowest BCUT2D eigenvalue weighted by atomic mass is 10.1. The quantitative estimate of drug-likeness (QED) is 0.841. The van der Waals surface area contributed by atoms with E-state index in [0.717, 1.165) is 6.42 Å². The van der Waals surface area contributed by atoms with Crippen molar-refractivity contribution in [2.75, 3.05) is 32.5 Å². The molecule has 1 aliphatic heterocycles. The van der Waals surface area contributed by atoms with Crippen LogP contribution in [0.5, 0.6) is 5.75 Å². The van der Waals surface area contributed by atoms with Gasteiger partial charge in [-0.2, -0.15) is 0 Å².